The number of halogens is 13. The van der Waals surface area contributed by atoms with Gasteiger partial charge in [0.05, 0.1) is 0 Å². The van der Waals surface area contributed by atoms with E-state index in [2.05, 4.69) is 207 Å². The molecule has 0 aromatic carbocycles. The molecule has 0 aromatic rings. The van der Waals surface area contributed by atoms with Gasteiger partial charge in [0.2, 0.25) is 0 Å². The molecule has 122 valence electrons. The van der Waals surface area contributed by atoms with Gasteiger partial charge < -0.3 is 5.11 Å². The Kier molecular flexibility index (Phi) is 10.9. The normalized spacial score (nSPS) is 18.9. The predicted molar refractivity (Wildman–Crippen MR) is 135 cm³/mol. The average molecular weight is 1130 g/mol. The zero-order valence-corrected chi connectivity index (χ0v) is 29.0. The maximum atomic E-state index is 10.6. The first-order valence-corrected chi connectivity index (χ1v) is 14.2. The molecule has 1 nitrogen and oxygen atoms in total. The fourth-order valence-corrected chi connectivity index (χ4v) is 13.8. The molecule has 0 rings (SSSR count). The van der Waals surface area contributed by atoms with Crippen LogP contribution in [0.25, 0.3) is 0 Å². The van der Waals surface area contributed by atoms with Gasteiger partial charge in [0.25, 0.3) is 0 Å². The van der Waals surface area contributed by atoms with Crippen molar-refractivity contribution in [3.63, 3.8) is 0 Å². The molecule has 0 aliphatic rings. The minimum atomic E-state index is -1.57. The molecule has 1 atom stereocenters. The lowest BCUT2D eigenvalue weighted by Gasteiger charge is -2.55. The third-order valence-electron chi connectivity index (χ3n) is 1.99. The summed E-state index contributed by atoms with van der Waals surface area (Å²) in [7, 11) is 0. The van der Waals surface area contributed by atoms with Crippen molar-refractivity contribution in [2.75, 3.05) is 0 Å². The summed E-state index contributed by atoms with van der Waals surface area (Å²) in [5.41, 5.74) is 0. The van der Waals surface area contributed by atoms with Gasteiger partial charge in [0, 0.05) is 0 Å². The van der Waals surface area contributed by atoms with Crippen LogP contribution in [-0.4, -0.2) is 23.6 Å². The van der Waals surface area contributed by atoms with Crippen molar-refractivity contribution in [2.45, 2.75) is 18.5 Å². The van der Waals surface area contributed by atoms with E-state index in [9.17, 15) is 5.11 Å². The highest BCUT2D eigenvalue weighted by atomic mass is 80.0. The minimum Gasteiger partial charge on any atom is -0.368 e. The van der Waals surface area contributed by atoms with Gasteiger partial charge in [0.15, 0.2) is 7.71 Å². The van der Waals surface area contributed by atoms with E-state index in [1.54, 1.807) is 0 Å². The van der Waals surface area contributed by atoms with Crippen molar-refractivity contribution in [3.8, 4) is 0 Å². The third kappa shape index (κ3) is 4.97. The van der Waals surface area contributed by atoms with E-state index in [4.69, 9.17) is 0 Å². The molecular weight excluding hydrogens is 1130 g/mol. The smallest absolute Gasteiger partial charge is 0.195 e. The van der Waals surface area contributed by atoms with Gasteiger partial charge in [-0.15, -0.1) is 0 Å². The van der Waals surface area contributed by atoms with Gasteiger partial charge in [0.1, 0.15) is 10.8 Å². The van der Waals surface area contributed by atoms with Gasteiger partial charge in [-0.05, 0) is 31.9 Å². The van der Waals surface area contributed by atoms with E-state index in [-0.39, 0.29) is 0 Å². The Labute approximate surface area is 226 Å². The summed E-state index contributed by atoms with van der Waals surface area (Å²) in [5.74, 6) is 0. The van der Waals surface area contributed by atoms with Crippen molar-refractivity contribution in [1.29, 1.82) is 0 Å². The summed E-state index contributed by atoms with van der Waals surface area (Å²) in [6, 6.07) is 0. The van der Waals surface area contributed by atoms with Crippen LogP contribution >= 0.6 is 207 Å². The zero-order chi connectivity index (χ0) is 17.0. The highest BCUT2D eigenvalue weighted by molar-refractivity contribution is 9.42. The lowest BCUT2D eigenvalue weighted by molar-refractivity contribution is 0.196. The summed E-state index contributed by atoms with van der Waals surface area (Å²) >= 11 is 45.1. The van der Waals surface area contributed by atoms with Gasteiger partial charge in [-0.3, -0.25) is 0 Å². The molecule has 0 radical (unpaired) electrons. The highest BCUT2D eigenvalue weighted by Crippen LogP contribution is 2.74. The maximum Gasteiger partial charge on any atom is 0.195 e. The summed E-state index contributed by atoms with van der Waals surface area (Å²) < 4.78 is -6.47. The molecule has 0 fully saturated rings. The lowest BCUT2D eigenvalue weighted by atomic mass is 10.1. The second-order valence-corrected chi connectivity index (χ2v) is 28.3. The average Bonchev–Trinajstić information content (AvgIpc) is 2.10. The van der Waals surface area contributed by atoms with Crippen molar-refractivity contribution in [1.82, 2.24) is 0 Å². The first-order valence-electron chi connectivity index (χ1n) is 3.93. The quantitative estimate of drug-likeness (QED) is 0.280. The standard InChI is InChI=1S/C6HBr13O/c7-1(4(12,13)14,6(18,19)20)2(8,9)3(10,11)5(15,16)17/h20H. The van der Waals surface area contributed by atoms with Gasteiger partial charge in [-0.1, -0.05) is 175 Å². The molecule has 0 aromatic heterocycles. The topological polar surface area (TPSA) is 20.2 Å². The molecule has 20 heavy (non-hydrogen) atoms. The fraction of sp³-hybridized carbons (Fsp3) is 1.00. The van der Waals surface area contributed by atoms with Crippen LogP contribution in [0.15, 0.2) is 0 Å². The first-order chi connectivity index (χ1) is 8.25. The molecule has 0 saturated carbocycles. The van der Waals surface area contributed by atoms with E-state index in [1.165, 1.54) is 0 Å². The molecule has 0 amide bonds. The minimum absolute atomic E-state index is 0.796. The van der Waals surface area contributed by atoms with Gasteiger partial charge in [-0.2, -0.15) is 0 Å². The van der Waals surface area contributed by atoms with Crippen LogP contribution in [0, 0.1) is 0 Å². The van der Waals surface area contributed by atoms with Crippen LogP contribution in [0.5, 0.6) is 0 Å². The highest BCUT2D eigenvalue weighted by Gasteiger charge is 2.75. The molecular formula is C6HBr13O. The van der Waals surface area contributed by atoms with Crippen molar-refractivity contribution >= 4 is 207 Å². The summed E-state index contributed by atoms with van der Waals surface area (Å²) in [4.78, 5) is 0. The first kappa shape index (κ1) is 26.2. The van der Waals surface area contributed by atoms with Crippen LogP contribution in [0.2, 0.25) is 0 Å². The molecule has 0 aliphatic heterocycles. The Morgan fingerprint density at radius 1 is 0.450 bits per heavy atom. The Morgan fingerprint density at radius 2 is 0.750 bits per heavy atom. The fourth-order valence-electron chi connectivity index (χ4n) is 0.932. The SMILES string of the molecule is OC(Br)(Br)C(Br)(C(Br)(Br)Br)C(Br)(Br)C(Br)(Br)C(Br)(Br)Br. The van der Waals surface area contributed by atoms with Crippen molar-refractivity contribution in [2.24, 2.45) is 0 Å². The Hall–Kier alpha value is 6.20. The predicted octanol–water partition coefficient (Wildman–Crippen LogP) is 9.21. The maximum absolute atomic E-state index is 10.6. The number of alkyl halides is 13. The van der Waals surface area contributed by atoms with E-state index < -0.39 is 18.5 Å². The van der Waals surface area contributed by atoms with E-state index in [1.807, 2.05) is 0 Å². The monoisotopic (exact) mass is 1110 g/mol. The van der Waals surface area contributed by atoms with Gasteiger partial charge >= 0.3 is 0 Å². The number of rotatable bonds is 3. The molecule has 14 heteroatoms. The zero-order valence-electron chi connectivity index (χ0n) is 8.36. The number of hydrogen-bond acceptors (Lipinski definition) is 1. The molecule has 0 heterocycles. The lowest BCUT2D eigenvalue weighted by Crippen LogP contribution is -2.67. The molecule has 1 unspecified atom stereocenters. The van der Waals surface area contributed by atoms with Crippen LogP contribution in [0.3, 0.4) is 0 Å². The van der Waals surface area contributed by atoms with Crippen LogP contribution in [0.1, 0.15) is 0 Å². The molecule has 0 aliphatic carbocycles. The molecule has 1 N–H and O–H groups in total. The Morgan fingerprint density at radius 3 is 0.900 bits per heavy atom. The number of aliphatic hydroxyl groups is 1. The largest absolute Gasteiger partial charge is 0.368 e. The number of hydrogen-bond donors (Lipinski definition) is 1. The van der Waals surface area contributed by atoms with Crippen molar-refractivity contribution in [3.05, 3.63) is 0 Å². The van der Waals surface area contributed by atoms with Crippen LogP contribution in [-0.2, 0) is 0 Å². The summed E-state index contributed by atoms with van der Waals surface area (Å²) in [6.45, 7) is 0. The van der Waals surface area contributed by atoms with Crippen LogP contribution in [0.4, 0.5) is 0 Å². The Bertz CT molecular complexity index is 343. The third-order valence-corrected chi connectivity index (χ3v) is 22.3. The molecule has 0 bridgehead atoms. The van der Waals surface area contributed by atoms with E-state index in [0.717, 1.165) is 0 Å². The van der Waals surface area contributed by atoms with E-state index in [0.29, 0.717) is 0 Å². The van der Waals surface area contributed by atoms with E-state index >= 15 is 0 Å². The molecule has 0 spiro atoms. The van der Waals surface area contributed by atoms with Crippen LogP contribution < -0.4 is 0 Å². The second-order valence-electron chi connectivity index (χ2n) is 3.34. The van der Waals surface area contributed by atoms with Gasteiger partial charge in [-0.25, -0.2) is 0 Å². The summed E-state index contributed by atoms with van der Waals surface area (Å²) in [6.07, 6.45) is 0. The molecule has 0 saturated heterocycles. The second kappa shape index (κ2) is 8.29. The Balaban J connectivity index is 6.38. The van der Waals surface area contributed by atoms with Crippen molar-refractivity contribution < 1.29 is 5.11 Å². The summed E-state index contributed by atoms with van der Waals surface area (Å²) in [5, 5.41) is 10.6.